The van der Waals surface area contributed by atoms with E-state index < -0.39 is 0 Å². The molecule has 0 saturated carbocycles. The summed E-state index contributed by atoms with van der Waals surface area (Å²) in [5, 5.41) is 10.5. The summed E-state index contributed by atoms with van der Waals surface area (Å²) in [6.07, 6.45) is 8.55. The van der Waals surface area contributed by atoms with Gasteiger partial charge in [-0.2, -0.15) is 0 Å². The van der Waals surface area contributed by atoms with Gasteiger partial charge in [0.15, 0.2) is 0 Å². The van der Waals surface area contributed by atoms with E-state index in [9.17, 15) is 0 Å². The third-order valence-electron chi connectivity index (χ3n) is 8.95. The first-order chi connectivity index (χ1) is 23.7. The van der Waals surface area contributed by atoms with Crippen LogP contribution in [0.15, 0.2) is 182 Å². The number of para-hydroxylation sites is 2. The summed E-state index contributed by atoms with van der Waals surface area (Å²) in [5.74, 6) is 0. The molecular formula is C44H32N4. The van der Waals surface area contributed by atoms with Crippen LogP contribution in [0.4, 0.5) is 28.4 Å². The molecule has 7 aromatic rings. The fraction of sp³-hybridized carbons (Fsp3) is 0. The van der Waals surface area contributed by atoms with Crippen LogP contribution in [0.5, 0.6) is 0 Å². The van der Waals surface area contributed by atoms with E-state index in [1.807, 2.05) is 48.8 Å². The quantitative estimate of drug-likeness (QED) is 0.130. The Labute approximate surface area is 280 Å². The third-order valence-corrected chi connectivity index (χ3v) is 8.95. The molecule has 0 spiro atoms. The maximum Gasteiger partial charge on any atom is 0.0492 e. The van der Waals surface area contributed by atoms with Crippen molar-refractivity contribution in [2.75, 3.05) is 9.80 Å². The highest BCUT2D eigenvalue weighted by Crippen LogP contribution is 2.50. The van der Waals surface area contributed by atoms with Crippen molar-refractivity contribution in [1.82, 2.24) is 4.98 Å². The van der Waals surface area contributed by atoms with Crippen LogP contribution >= 0.6 is 0 Å². The predicted octanol–water partition coefficient (Wildman–Crippen LogP) is 11.9. The molecule has 1 aliphatic carbocycles. The fourth-order valence-electron chi connectivity index (χ4n) is 6.93. The molecule has 1 aliphatic rings. The molecule has 0 saturated heterocycles. The molecule has 8 rings (SSSR count). The zero-order valence-electron chi connectivity index (χ0n) is 26.3. The van der Waals surface area contributed by atoms with Crippen molar-refractivity contribution in [3.05, 3.63) is 182 Å². The van der Waals surface area contributed by atoms with Crippen LogP contribution < -0.4 is 9.80 Å². The van der Waals surface area contributed by atoms with E-state index in [2.05, 4.69) is 131 Å². The molecule has 0 amide bonds. The van der Waals surface area contributed by atoms with Gasteiger partial charge in [0.05, 0.1) is 0 Å². The summed E-state index contributed by atoms with van der Waals surface area (Å²) < 4.78 is 0. The van der Waals surface area contributed by atoms with Gasteiger partial charge in [-0.15, -0.1) is 0 Å². The number of nitrogens with zero attached hydrogens (tertiary/aromatic N) is 3. The van der Waals surface area contributed by atoms with Crippen molar-refractivity contribution < 1.29 is 0 Å². The number of allylic oxidation sites excluding steroid dienone is 2. The zero-order valence-corrected chi connectivity index (χ0v) is 26.3. The van der Waals surface area contributed by atoms with Gasteiger partial charge in [0, 0.05) is 52.7 Å². The molecule has 1 aromatic heterocycles. The van der Waals surface area contributed by atoms with Crippen LogP contribution in [0.25, 0.3) is 44.2 Å². The molecule has 48 heavy (non-hydrogen) atoms. The number of benzene rings is 6. The molecule has 0 radical (unpaired) electrons. The molecule has 228 valence electrons. The highest BCUT2D eigenvalue weighted by molar-refractivity contribution is 6.18. The Morgan fingerprint density at radius 2 is 1.12 bits per heavy atom. The van der Waals surface area contributed by atoms with Gasteiger partial charge in [0.1, 0.15) is 0 Å². The molecule has 0 aliphatic heterocycles. The Bertz CT molecular complexity index is 2260. The molecule has 4 heteroatoms. The van der Waals surface area contributed by atoms with E-state index in [4.69, 9.17) is 5.41 Å². The Morgan fingerprint density at radius 3 is 1.81 bits per heavy atom. The van der Waals surface area contributed by atoms with Gasteiger partial charge >= 0.3 is 0 Å². The van der Waals surface area contributed by atoms with Gasteiger partial charge in [-0.05, 0) is 111 Å². The first-order valence-corrected chi connectivity index (χ1v) is 16.0. The minimum atomic E-state index is 0.797. The molecule has 6 aromatic carbocycles. The zero-order chi connectivity index (χ0) is 32.5. The monoisotopic (exact) mass is 616 g/mol. The Morgan fingerprint density at radius 1 is 0.542 bits per heavy atom. The van der Waals surface area contributed by atoms with E-state index in [-0.39, 0.29) is 0 Å². The maximum absolute atomic E-state index is 7.97. The van der Waals surface area contributed by atoms with Gasteiger partial charge < -0.3 is 15.2 Å². The van der Waals surface area contributed by atoms with Gasteiger partial charge in [-0.25, -0.2) is 0 Å². The first-order valence-electron chi connectivity index (χ1n) is 16.0. The summed E-state index contributed by atoms with van der Waals surface area (Å²) in [6.45, 7) is 4.14. The van der Waals surface area contributed by atoms with Crippen LogP contribution in [-0.2, 0) is 0 Å². The lowest BCUT2D eigenvalue weighted by molar-refractivity contribution is 1.20. The van der Waals surface area contributed by atoms with Crippen LogP contribution in [0.3, 0.4) is 0 Å². The smallest absolute Gasteiger partial charge is 0.0492 e. The molecule has 0 bridgehead atoms. The molecule has 1 heterocycles. The second-order valence-electron chi connectivity index (χ2n) is 11.7. The average molecular weight is 617 g/mol. The van der Waals surface area contributed by atoms with Crippen molar-refractivity contribution in [3.63, 3.8) is 0 Å². The summed E-state index contributed by atoms with van der Waals surface area (Å²) >= 11 is 0. The van der Waals surface area contributed by atoms with Crippen molar-refractivity contribution in [2.45, 2.75) is 0 Å². The third kappa shape index (κ3) is 4.97. The van der Waals surface area contributed by atoms with E-state index >= 15 is 0 Å². The number of hydrogen-bond donors (Lipinski definition) is 1. The van der Waals surface area contributed by atoms with E-state index in [1.165, 1.54) is 39.2 Å². The molecular weight excluding hydrogens is 585 g/mol. The molecule has 0 atom stereocenters. The molecule has 1 N–H and O–H groups in total. The number of pyridine rings is 1. The van der Waals surface area contributed by atoms with E-state index in [1.54, 1.807) is 12.2 Å². The number of anilines is 5. The lowest BCUT2D eigenvalue weighted by Crippen LogP contribution is -2.17. The van der Waals surface area contributed by atoms with Gasteiger partial charge in [-0.3, -0.25) is 4.98 Å². The molecule has 0 fully saturated rings. The summed E-state index contributed by atoms with van der Waals surface area (Å²) in [4.78, 5) is 8.75. The standard InChI is InChI=1S/C44H32N4/c1-2-32(22-25-45)47(33-12-5-3-6-13-33)36-28-31(29-37(30-36)48(34-14-7-4-8-15-34)35-23-26-46-27-24-35)38-20-21-43-40-17-10-9-16-39(40)42-19-11-18-41(38)44(42)43/h2-30,45H,1H2/b32-22+,45-25?. The normalized spacial score (nSPS) is 11.6. The van der Waals surface area contributed by atoms with Gasteiger partial charge in [0.2, 0.25) is 0 Å². The number of rotatable bonds is 9. The maximum atomic E-state index is 7.97. The number of hydrogen-bond acceptors (Lipinski definition) is 4. The first kappa shape index (κ1) is 28.9. The predicted molar refractivity (Wildman–Crippen MR) is 202 cm³/mol. The van der Waals surface area contributed by atoms with Gasteiger partial charge in [-0.1, -0.05) is 97.6 Å². The van der Waals surface area contributed by atoms with Crippen molar-refractivity contribution in [1.29, 1.82) is 5.41 Å². The van der Waals surface area contributed by atoms with E-state index in [0.29, 0.717) is 0 Å². The highest BCUT2D eigenvalue weighted by atomic mass is 15.2. The van der Waals surface area contributed by atoms with Crippen LogP contribution in [0.1, 0.15) is 0 Å². The SMILES string of the molecule is C=C/C(=C\C=N)N(c1ccccc1)c1cc(-c2ccc3c4c(cccc24)-c2ccccc2-3)cc(N(c2ccccc2)c2ccncc2)c1. The second kappa shape index (κ2) is 12.3. The average Bonchev–Trinajstić information content (AvgIpc) is 3.48. The van der Waals surface area contributed by atoms with E-state index in [0.717, 1.165) is 45.3 Å². The van der Waals surface area contributed by atoms with Crippen LogP contribution in [0, 0.1) is 5.41 Å². The van der Waals surface area contributed by atoms with Gasteiger partial charge in [0.25, 0.3) is 0 Å². The molecule has 4 nitrogen and oxygen atoms in total. The fourth-order valence-corrected chi connectivity index (χ4v) is 6.93. The summed E-state index contributed by atoms with van der Waals surface area (Å²) in [7, 11) is 0. The van der Waals surface area contributed by atoms with Crippen molar-refractivity contribution in [3.8, 4) is 33.4 Å². The molecule has 0 unspecified atom stereocenters. The number of aromatic nitrogens is 1. The Kier molecular flexibility index (Phi) is 7.44. The lowest BCUT2D eigenvalue weighted by Gasteiger charge is -2.30. The largest absolute Gasteiger partial charge is 0.310 e. The topological polar surface area (TPSA) is 43.2 Å². The van der Waals surface area contributed by atoms with Crippen LogP contribution in [-0.4, -0.2) is 11.2 Å². The minimum absolute atomic E-state index is 0.797. The van der Waals surface area contributed by atoms with Crippen molar-refractivity contribution >= 4 is 45.4 Å². The second-order valence-corrected chi connectivity index (χ2v) is 11.7. The van der Waals surface area contributed by atoms with Crippen LogP contribution in [0.2, 0.25) is 0 Å². The van der Waals surface area contributed by atoms with Crippen molar-refractivity contribution in [2.24, 2.45) is 0 Å². The summed E-state index contributed by atoms with van der Waals surface area (Å²) in [5.41, 5.74) is 13.1. The lowest BCUT2D eigenvalue weighted by atomic mass is 9.93. The Hall–Kier alpha value is -6.52. The highest BCUT2D eigenvalue weighted by Gasteiger charge is 2.24. The summed E-state index contributed by atoms with van der Waals surface area (Å²) in [6, 6.07) is 51.4. The minimum Gasteiger partial charge on any atom is -0.310 e. The number of fused-ring (bicyclic) bond motifs is 3. The number of nitrogens with one attached hydrogen (secondary N) is 1. The Balaban J connectivity index is 1.43.